The van der Waals surface area contributed by atoms with E-state index in [1.165, 1.54) is 0 Å². The summed E-state index contributed by atoms with van der Waals surface area (Å²) in [7, 11) is 0. The van der Waals surface area contributed by atoms with E-state index in [4.69, 9.17) is 10.3 Å². The summed E-state index contributed by atoms with van der Waals surface area (Å²) in [6.07, 6.45) is 5.65. The molecule has 1 fully saturated rings. The number of anilines is 1. The monoisotopic (exact) mass is 366 g/mol. The molecule has 8 nitrogen and oxygen atoms in total. The topological polar surface area (TPSA) is 111 Å². The summed E-state index contributed by atoms with van der Waals surface area (Å²) in [5.41, 5.74) is 8.26. The zero-order valence-electron chi connectivity index (χ0n) is 14.9. The van der Waals surface area contributed by atoms with Crippen LogP contribution in [0.1, 0.15) is 34.8 Å². The van der Waals surface area contributed by atoms with Gasteiger partial charge in [-0.1, -0.05) is 35.5 Å². The van der Waals surface area contributed by atoms with Crippen LogP contribution in [0.5, 0.6) is 0 Å². The van der Waals surface area contributed by atoms with Crippen LogP contribution in [-0.2, 0) is 6.54 Å². The molecule has 4 N–H and O–H groups in total. The number of amides is 1. The smallest absolute Gasteiger partial charge is 0.259 e. The fraction of sp³-hybridized carbons (Fsp3) is 0.316. The van der Waals surface area contributed by atoms with Gasteiger partial charge in [0.1, 0.15) is 11.3 Å². The Bertz CT molecular complexity index is 911. The maximum absolute atomic E-state index is 12.7. The van der Waals surface area contributed by atoms with E-state index in [0.717, 1.165) is 37.1 Å². The molecule has 0 aliphatic carbocycles. The Morgan fingerprint density at radius 2 is 2.07 bits per heavy atom. The number of benzene rings is 1. The molecule has 3 heterocycles. The molecule has 4 rings (SSSR count). The summed E-state index contributed by atoms with van der Waals surface area (Å²) in [6.45, 7) is 2.35. The highest BCUT2D eigenvalue weighted by atomic mass is 16.5. The predicted octanol–water partition coefficient (Wildman–Crippen LogP) is 1.97. The number of rotatable bonds is 5. The molecular weight excluding hydrogens is 344 g/mol. The molecule has 0 atom stereocenters. The molecule has 1 amide bonds. The number of nitrogens with one attached hydrogen (secondary N) is 2. The third-order valence-corrected chi connectivity index (χ3v) is 4.80. The van der Waals surface area contributed by atoms with Crippen LogP contribution < -0.4 is 16.4 Å². The average Bonchev–Trinajstić information content (AvgIpc) is 3.34. The highest BCUT2D eigenvalue weighted by Crippen LogP contribution is 2.28. The number of carbonyl (C=O) groups excluding carboxylic acids is 1. The van der Waals surface area contributed by atoms with Crippen molar-refractivity contribution >= 4 is 11.8 Å². The standard InChI is InChI=1S/C19H22N6O2/c20-18-16(19(26)22-10-13-4-2-1-3-5-13)17(24-27-18)14-11-23-25(12-14)15-6-8-21-9-7-15/h1-5,11-12,15,21H,6-10,20H2,(H,22,26). The van der Waals surface area contributed by atoms with E-state index in [-0.39, 0.29) is 17.4 Å². The number of nitrogen functional groups attached to an aromatic ring is 1. The van der Waals surface area contributed by atoms with E-state index < -0.39 is 0 Å². The minimum absolute atomic E-state index is 0.00479. The first-order chi connectivity index (χ1) is 13.2. The maximum Gasteiger partial charge on any atom is 0.259 e. The lowest BCUT2D eigenvalue weighted by Gasteiger charge is -2.22. The minimum atomic E-state index is -0.317. The van der Waals surface area contributed by atoms with Crippen LogP contribution in [0.3, 0.4) is 0 Å². The molecule has 1 aromatic carbocycles. The van der Waals surface area contributed by atoms with E-state index >= 15 is 0 Å². The van der Waals surface area contributed by atoms with Gasteiger partial charge in [-0.2, -0.15) is 5.10 Å². The molecule has 2 aromatic heterocycles. The van der Waals surface area contributed by atoms with Crippen molar-refractivity contribution in [3.63, 3.8) is 0 Å². The first-order valence-corrected chi connectivity index (χ1v) is 9.05. The maximum atomic E-state index is 12.7. The lowest BCUT2D eigenvalue weighted by molar-refractivity contribution is 0.0952. The fourth-order valence-electron chi connectivity index (χ4n) is 3.32. The first-order valence-electron chi connectivity index (χ1n) is 9.05. The SMILES string of the molecule is Nc1onc(-c2cnn(C3CCNCC3)c2)c1C(=O)NCc1ccccc1. The van der Waals surface area contributed by atoms with E-state index in [9.17, 15) is 4.79 Å². The van der Waals surface area contributed by atoms with Gasteiger partial charge < -0.3 is 20.9 Å². The van der Waals surface area contributed by atoms with Crippen LogP contribution in [0.4, 0.5) is 5.88 Å². The van der Waals surface area contributed by atoms with Gasteiger partial charge in [-0.15, -0.1) is 0 Å². The van der Waals surface area contributed by atoms with Crippen LogP contribution in [-0.4, -0.2) is 33.9 Å². The van der Waals surface area contributed by atoms with E-state index in [2.05, 4.69) is 20.9 Å². The highest BCUT2D eigenvalue weighted by Gasteiger charge is 2.24. The van der Waals surface area contributed by atoms with Crippen molar-refractivity contribution in [1.82, 2.24) is 25.6 Å². The Kier molecular flexibility index (Phi) is 4.88. The molecule has 0 unspecified atom stereocenters. The van der Waals surface area contributed by atoms with Crippen molar-refractivity contribution in [3.8, 4) is 11.3 Å². The lowest BCUT2D eigenvalue weighted by atomic mass is 10.1. The molecule has 3 aromatic rings. The normalized spacial score (nSPS) is 15.0. The zero-order valence-corrected chi connectivity index (χ0v) is 14.9. The van der Waals surface area contributed by atoms with Gasteiger partial charge in [-0.3, -0.25) is 9.48 Å². The molecule has 8 heteroatoms. The second kappa shape index (κ2) is 7.63. The van der Waals surface area contributed by atoms with Gasteiger partial charge in [0.05, 0.1) is 12.2 Å². The molecular formula is C19H22N6O2. The number of nitrogens with zero attached hydrogens (tertiary/aromatic N) is 3. The molecule has 0 bridgehead atoms. The summed E-state index contributed by atoms with van der Waals surface area (Å²) in [5.74, 6) is -0.313. The minimum Gasteiger partial charge on any atom is -0.367 e. The highest BCUT2D eigenvalue weighted by molar-refractivity contribution is 6.03. The third kappa shape index (κ3) is 3.70. The van der Waals surface area contributed by atoms with Crippen LogP contribution in [0, 0.1) is 0 Å². The molecule has 1 saturated heterocycles. The summed E-state index contributed by atoms with van der Waals surface area (Å²) in [5, 5.41) is 14.7. The van der Waals surface area contributed by atoms with Gasteiger partial charge >= 0.3 is 0 Å². The Morgan fingerprint density at radius 3 is 2.85 bits per heavy atom. The van der Waals surface area contributed by atoms with Gasteiger partial charge in [0.2, 0.25) is 5.88 Å². The van der Waals surface area contributed by atoms with Crippen molar-refractivity contribution in [2.45, 2.75) is 25.4 Å². The van der Waals surface area contributed by atoms with E-state index in [0.29, 0.717) is 18.3 Å². The van der Waals surface area contributed by atoms with Gasteiger partial charge in [0.25, 0.3) is 5.91 Å². The number of carbonyl (C=O) groups is 1. The van der Waals surface area contributed by atoms with Crippen molar-refractivity contribution in [2.24, 2.45) is 0 Å². The summed E-state index contributed by atoms with van der Waals surface area (Å²) < 4.78 is 7.04. The molecule has 1 aliphatic heterocycles. The Hall–Kier alpha value is -3.13. The molecule has 1 aliphatic rings. The largest absolute Gasteiger partial charge is 0.367 e. The fourth-order valence-corrected chi connectivity index (χ4v) is 3.32. The van der Waals surface area contributed by atoms with Crippen LogP contribution in [0.2, 0.25) is 0 Å². The van der Waals surface area contributed by atoms with Crippen molar-refractivity contribution in [1.29, 1.82) is 0 Å². The quantitative estimate of drug-likeness (QED) is 0.637. The van der Waals surface area contributed by atoms with Gasteiger partial charge in [-0.05, 0) is 31.5 Å². The van der Waals surface area contributed by atoms with Gasteiger partial charge in [-0.25, -0.2) is 0 Å². The molecule has 0 saturated carbocycles. The van der Waals surface area contributed by atoms with Gasteiger partial charge in [0, 0.05) is 18.3 Å². The number of hydrogen-bond donors (Lipinski definition) is 3. The van der Waals surface area contributed by atoms with Crippen LogP contribution in [0.25, 0.3) is 11.3 Å². The predicted molar refractivity (Wildman–Crippen MR) is 101 cm³/mol. The molecule has 0 radical (unpaired) electrons. The van der Waals surface area contributed by atoms with Gasteiger partial charge in [0.15, 0.2) is 0 Å². The number of piperidine rings is 1. The van der Waals surface area contributed by atoms with Crippen LogP contribution in [0.15, 0.2) is 47.2 Å². The number of hydrogen-bond acceptors (Lipinski definition) is 6. The van der Waals surface area contributed by atoms with E-state index in [1.54, 1.807) is 6.20 Å². The third-order valence-electron chi connectivity index (χ3n) is 4.80. The number of aromatic nitrogens is 3. The summed E-state index contributed by atoms with van der Waals surface area (Å²) >= 11 is 0. The summed E-state index contributed by atoms with van der Waals surface area (Å²) in [6, 6.07) is 10.0. The molecule has 140 valence electrons. The zero-order chi connectivity index (χ0) is 18.6. The Morgan fingerprint density at radius 1 is 1.30 bits per heavy atom. The summed E-state index contributed by atoms with van der Waals surface area (Å²) in [4.78, 5) is 12.7. The van der Waals surface area contributed by atoms with Crippen molar-refractivity contribution in [3.05, 3.63) is 53.9 Å². The van der Waals surface area contributed by atoms with E-state index in [1.807, 2.05) is 41.2 Å². The second-order valence-corrected chi connectivity index (χ2v) is 6.63. The number of nitrogens with two attached hydrogens (primary N) is 1. The van der Waals surface area contributed by atoms with Crippen molar-refractivity contribution < 1.29 is 9.32 Å². The van der Waals surface area contributed by atoms with Crippen LogP contribution >= 0.6 is 0 Å². The average molecular weight is 366 g/mol. The molecule has 0 spiro atoms. The molecule has 27 heavy (non-hydrogen) atoms. The Labute approximate surface area is 156 Å². The Balaban J connectivity index is 1.53. The first kappa shape index (κ1) is 17.3. The second-order valence-electron chi connectivity index (χ2n) is 6.63. The van der Waals surface area contributed by atoms with Crippen molar-refractivity contribution in [2.75, 3.05) is 18.8 Å². The lowest BCUT2D eigenvalue weighted by Crippen LogP contribution is -2.29.